The molecule has 2 N–H and O–H groups in total. The molecular formula is C16H19N3O. The minimum absolute atomic E-state index is 0.0605. The van der Waals surface area contributed by atoms with E-state index in [1.807, 2.05) is 50.4 Å². The van der Waals surface area contributed by atoms with Gasteiger partial charge in [0.15, 0.2) is 0 Å². The van der Waals surface area contributed by atoms with Gasteiger partial charge >= 0.3 is 0 Å². The van der Waals surface area contributed by atoms with Gasteiger partial charge in [-0.2, -0.15) is 0 Å². The first-order valence-electron chi connectivity index (χ1n) is 6.68. The number of aryl methyl sites for hydroxylation is 1. The average Bonchev–Trinajstić information content (AvgIpc) is 2.47. The van der Waals surface area contributed by atoms with Gasteiger partial charge in [0.05, 0.1) is 0 Å². The van der Waals surface area contributed by atoms with Crippen LogP contribution in [0.5, 0.6) is 0 Å². The molecule has 0 aliphatic rings. The molecule has 1 aromatic heterocycles. The van der Waals surface area contributed by atoms with Gasteiger partial charge in [0.25, 0.3) is 5.91 Å². The lowest BCUT2D eigenvalue weighted by molar-refractivity contribution is 0.0962. The Hall–Kier alpha value is -2.36. The van der Waals surface area contributed by atoms with Gasteiger partial charge in [-0.3, -0.25) is 4.79 Å². The van der Waals surface area contributed by atoms with Crippen molar-refractivity contribution in [3.05, 3.63) is 47.7 Å². The van der Waals surface area contributed by atoms with E-state index in [9.17, 15) is 4.79 Å². The van der Waals surface area contributed by atoms with Gasteiger partial charge in [-0.15, -0.1) is 0 Å². The van der Waals surface area contributed by atoms with Gasteiger partial charge in [-0.1, -0.05) is 12.1 Å². The topological polar surface area (TPSA) is 54.0 Å². The van der Waals surface area contributed by atoms with E-state index in [2.05, 4.69) is 15.6 Å². The van der Waals surface area contributed by atoms with Gasteiger partial charge in [-0.25, -0.2) is 4.98 Å². The second kappa shape index (κ2) is 6.19. The molecule has 1 aromatic carbocycles. The zero-order valence-electron chi connectivity index (χ0n) is 12.0. The third-order valence-electron chi connectivity index (χ3n) is 3.15. The molecule has 0 bridgehead atoms. The number of hydrogen-bond donors (Lipinski definition) is 2. The molecule has 1 amide bonds. The number of carbonyl (C=O) groups excluding carboxylic acids is 1. The number of anilines is 1. The monoisotopic (exact) mass is 269 g/mol. The summed E-state index contributed by atoms with van der Waals surface area (Å²) in [5, 5.41) is 5.81. The first kappa shape index (κ1) is 14.1. The Labute approximate surface area is 119 Å². The van der Waals surface area contributed by atoms with Crippen LogP contribution in [0.2, 0.25) is 0 Å². The molecule has 0 fully saturated rings. The molecule has 0 aliphatic heterocycles. The van der Waals surface area contributed by atoms with Crippen LogP contribution < -0.4 is 10.6 Å². The van der Waals surface area contributed by atoms with Crippen LogP contribution in [0.25, 0.3) is 11.1 Å². The Kier molecular flexibility index (Phi) is 4.35. The smallest absolute Gasteiger partial charge is 0.251 e. The Morgan fingerprint density at radius 3 is 2.50 bits per heavy atom. The largest absolute Gasteiger partial charge is 0.370 e. The van der Waals surface area contributed by atoms with Crippen molar-refractivity contribution >= 4 is 11.7 Å². The van der Waals surface area contributed by atoms with Crippen LogP contribution in [-0.4, -0.2) is 24.5 Å². The third kappa shape index (κ3) is 2.96. The number of benzene rings is 1. The van der Waals surface area contributed by atoms with Crippen molar-refractivity contribution in [2.75, 3.05) is 18.9 Å². The normalized spacial score (nSPS) is 10.2. The molecule has 0 aliphatic carbocycles. The SMILES string of the molecule is CCNc1ccc(-c2ccc(C(=O)NC)c(C)c2)cn1. The predicted octanol–water partition coefficient (Wildman–Crippen LogP) is 2.85. The highest BCUT2D eigenvalue weighted by molar-refractivity contribution is 5.96. The molecular weight excluding hydrogens is 250 g/mol. The lowest BCUT2D eigenvalue weighted by Crippen LogP contribution is -2.18. The number of aromatic nitrogens is 1. The van der Waals surface area contributed by atoms with E-state index in [1.54, 1.807) is 7.05 Å². The molecule has 4 nitrogen and oxygen atoms in total. The molecule has 0 atom stereocenters. The fraction of sp³-hybridized carbons (Fsp3) is 0.250. The summed E-state index contributed by atoms with van der Waals surface area (Å²) >= 11 is 0. The quantitative estimate of drug-likeness (QED) is 0.897. The van der Waals surface area contributed by atoms with E-state index in [0.717, 1.165) is 29.1 Å². The predicted molar refractivity (Wildman–Crippen MR) is 82.0 cm³/mol. The summed E-state index contributed by atoms with van der Waals surface area (Å²) in [7, 11) is 1.64. The zero-order valence-corrected chi connectivity index (χ0v) is 12.0. The van der Waals surface area contributed by atoms with Crippen molar-refractivity contribution < 1.29 is 4.79 Å². The van der Waals surface area contributed by atoms with E-state index < -0.39 is 0 Å². The van der Waals surface area contributed by atoms with Crippen LogP contribution in [0.4, 0.5) is 5.82 Å². The Bertz CT molecular complexity index is 606. The maximum absolute atomic E-state index is 11.7. The summed E-state index contributed by atoms with van der Waals surface area (Å²) < 4.78 is 0. The van der Waals surface area contributed by atoms with Gasteiger partial charge < -0.3 is 10.6 Å². The van der Waals surface area contributed by atoms with Gasteiger partial charge in [0.1, 0.15) is 5.82 Å². The summed E-state index contributed by atoms with van der Waals surface area (Å²) in [6.07, 6.45) is 1.84. The van der Waals surface area contributed by atoms with Crippen LogP contribution in [-0.2, 0) is 0 Å². The van der Waals surface area contributed by atoms with Gasteiger partial charge in [0, 0.05) is 30.9 Å². The maximum atomic E-state index is 11.7. The molecule has 2 rings (SSSR count). The van der Waals surface area contributed by atoms with Crippen molar-refractivity contribution in [1.29, 1.82) is 0 Å². The summed E-state index contributed by atoms with van der Waals surface area (Å²) in [6.45, 7) is 4.83. The molecule has 104 valence electrons. The Morgan fingerprint density at radius 2 is 1.95 bits per heavy atom. The van der Waals surface area contributed by atoms with Crippen LogP contribution in [0.3, 0.4) is 0 Å². The van der Waals surface area contributed by atoms with E-state index in [-0.39, 0.29) is 5.91 Å². The number of rotatable bonds is 4. The minimum atomic E-state index is -0.0605. The number of hydrogen-bond acceptors (Lipinski definition) is 3. The fourth-order valence-corrected chi connectivity index (χ4v) is 2.08. The molecule has 4 heteroatoms. The third-order valence-corrected chi connectivity index (χ3v) is 3.15. The van der Waals surface area contributed by atoms with Crippen molar-refractivity contribution in [3.8, 4) is 11.1 Å². The van der Waals surface area contributed by atoms with Crippen molar-refractivity contribution in [2.45, 2.75) is 13.8 Å². The summed E-state index contributed by atoms with van der Waals surface area (Å²) in [6, 6.07) is 9.79. The lowest BCUT2D eigenvalue weighted by Gasteiger charge is -2.08. The van der Waals surface area contributed by atoms with Crippen LogP contribution in [0, 0.1) is 6.92 Å². The number of nitrogens with one attached hydrogen (secondary N) is 2. The van der Waals surface area contributed by atoms with E-state index >= 15 is 0 Å². The van der Waals surface area contributed by atoms with Gasteiger partial charge in [-0.05, 0) is 43.2 Å². The second-order valence-corrected chi connectivity index (χ2v) is 4.57. The van der Waals surface area contributed by atoms with Crippen LogP contribution in [0.15, 0.2) is 36.5 Å². The molecule has 0 unspecified atom stereocenters. The maximum Gasteiger partial charge on any atom is 0.251 e. The van der Waals surface area contributed by atoms with Crippen molar-refractivity contribution in [1.82, 2.24) is 10.3 Å². The summed E-state index contributed by atoms with van der Waals surface area (Å²) in [5.74, 6) is 0.810. The highest BCUT2D eigenvalue weighted by atomic mass is 16.1. The molecule has 2 aromatic rings. The molecule has 0 radical (unpaired) electrons. The standard InChI is InChI=1S/C16H19N3O/c1-4-18-15-8-6-13(10-19-15)12-5-7-14(11(2)9-12)16(20)17-3/h5-10H,4H2,1-3H3,(H,17,20)(H,18,19). The van der Waals surface area contributed by atoms with Crippen LogP contribution in [0.1, 0.15) is 22.8 Å². The number of amides is 1. The molecule has 20 heavy (non-hydrogen) atoms. The lowest BCUT2D eigenvalue weighted by atomic mass is 10.0. The van der Waals surface area contributed by atoms with E-state index in [4.69, 9.17) is 0 Å². The summed E-state index contributed by atoms with van der Waals surface area (Å²) in [5.41, 5.74) is 3.76. The highest BCUT2D eigenvalue weighted by Gasteiger charge is 2.08. The van der Waals surface area contributed by atoms with E-state index in [0.29, 0.717) is 5.56 Å². The first-order chi connectivity index (χ1) is 9.65. The zero-order chi connectivity index (χ0) is 14.5. The first-order valence-corrected chi connectivity index (χ1v) is 6.68. The average molecular weight is 269 g/mol. The number of pyridine rings is 1. The molecule has 0 saturated carbocycles. The Balaban J connectivity index is 2.29. The van der Waals surface area contributed by atoms with E-state index in [1.165, 1.54) is 0 Å². The van der Waals surface area contributed by atoms with Crippen LogP contribution >= 0.6 is 0 Å². The second-order valence-electron chi connectivity index (χ2n) is 4.57. The van der Waals surface area contributed by atoms with Crippen molar-refractivity contribution in [2.24, 2.45) is 0 Å². The fourth-order valence-electron chi connectivity index (χ4n) is 2.08. The molecule has 1 heterocycles. The summed E-state index contributed by atoms with van der Waals surface area (Å²) in [4.78, 5) is 16.0. The number of carbonyl (C=O) groups is 1. The minimum Gasteiger partial charge on any atom is -0.370 e. The Morgan fingerprint density at radius 1 is 1.20 bits per heavy atom. The highest BCUT2D eigenvalue weighted by Crippen LogP contribution is 2.22. The van der Waals surface area contributed by atoms with Crippen molar-refractivity contribution in [3.63, 3.8) is 0 Å². The molecule has 0 saturated heterocycles. The number of nitrogens with zero attached hydrogens (tertiary/aromatic N) is 1. The van der Waals surface area contributed by atoms with Gasteiger partial charge in [0.2, 0.25) is 0 Å². The molecule has 0 spiro atoms.